The van der Waals surface area contributed by atoms with Gasteiger partial charge in [0.05, 0.1) is 12.1 Å². The third-order valence-corrected chi connectivity index (χ3v) is 4.80. The molecular weight excluding hydrogens is 390 g/mol. The summed E-state index contributed by atoms with van der Waals surface area (Å²) in [6, 6.07) is 13.2. The molecular formula is C21H21F2N6O+. The summed E-state index contributed by atoms with van der Waals surface area (Å²) in [4.78, 5) is 21.8. The largest absolute Gasteiger partial charge is 0.428 e. The van der Waals surface area contributed by atoms with E-state index in [0.717, 1.165) is 27.2 Å². The molecule has 0 radical (unpaired) electrons. The zero-order chi connectivity index (χ0) is 21.4. The average Bonchev–Trinajstić information content (AvgIpc) is 3.03. The van der Waals surface area contributed by atoms with Gasteiger partial charge in [-0.05, 0) is 31.5 Å². The van der Waals surface area contributed by atoms with Crippen molar-refractivity contribution in [2.75, 3.05) is 5.73 Å². The molecule has 3 heterocycles. The minimum atomic E-state index is -2.52. The minimum absolute atomic E-state index is 0.0212. The predicted molar refractivity (Wildman–Crippen MR) is 109 cm³/mol. The highest BCUT2D eigenvalue weighted by molar-refractivity contribution is 5.88. The molecule has 3 N–H and O–H groups in total. The Hall–Kier alpha value is -3.62. The number of nitrogens with two attached hydrogens (primary N) is 1. The Labute approximate surface area is 170 Å². The molecule has 0 spiro atoms. The molecule has 4 rings (SSSR count). The van der Waals surface area contributed by atoms with E-state index in [-0.39, 0.29) is 12.5 Å². The molecule has 0 saturated heterocycles. The van der Waals surface area contributed by atoms with Crippen molar-refractivity contribution < 1.29 is 13.2 Å². The number of aromatic nitrogens is 5. The van der Waals surface area contributed by atoms with Gasteiger partial charge in [-0.15, -0.1) is 9.38 Å². The fraction of sp³-hybridized carbons (Fsp3) is 0.238. The van der Waals surface area contributed by atoms with Gasteiger partial charge in [0, 0.05) is 23.4 Å². The van der Waals surface area contributed by atoms with Crippen molar-refractivity contribution in [2.24, 2.45) is 0 Å². The van der Waals surface area contributed by atoms with E-state index in [1.807, 2.05) is 56.3 Å². The van der Waals surface area contributed by atoms with E-state index >= 15 is 0 Å². The van der Waals surface area contributed by atoms with Crippen LogP contribution in [0.4, 0.5) is 14.7 Å². The van der Waals surface area contributed by atoms with E-state index in [1.165, 1.54) is 4.40 Å². The second-order valence-electron chi connectivity index (χ2n) is 7.11. The van der Waals surface area contributed by atoms with Crippen molar-refractivity contribution in [1.29, 1.82) is 0 Å². The summed E-state index contributed by atoms with van der Waals surface area (Å²) in [5, 5.41) is 2.97. The number of aryl methyl sites for hydroxylation is 3. The molecule has 0 aliphatic rings. The molecule has 9 heteroatoms. The first kappa shape index (κ1) is 19.7. The van der Waals surface area contributed by atoms with Crippen LogP contribution in [0.2, 0.25) is 0 Å². The smallest absolute Gasteiger partial charge is 0.319 e. The number of halogens is 2. The lowest BCUT2D eigenvalue weighted by Crippen LogP contribution is -2.44. The molecule has 0 aliphatic carbocycles. The Kier molecular flexibility index (Phi) is 5.03. The Balaban J connectivity index is 2.07. The van der Waals surface area contributed by atoms with Crippen molar-refractivity contribution in [3.63, 3.8) is 0 Å². The van der Waals surface area contributed by atoms with E-state index in [4.69, 9.17) is 5.73 Å². The number of rotatable bonds is 5. The van der Waals surface area contributed by atoms with Crippen molar-refractivity contribution >= 4 is 11.6 Å². The first-order valence-corrected chi connectivity index (χ1v) is 9.48. The molecule has 0 unspecified atom stereocenters. The number of nitrogens with zero attached hydrogens (tertiary/aromatic N) is 4. The van der Waals surface area contributed by atoms with Crippen molar-refractivity contribution in [3.05, 3.63) is 64.3 Å². The Morgan fingerprint density at radius 3 is 2.40 bits per heavy atom. The van der Waals surface area contributed by atoms with Crippen LogP contribution in [0.15, 0.2) is 47.3 Å². The van der Waals surface area contributed by atoms with Gasteiger partial charge in [-0.3, -0.25) is 4.98 Å². The lowest BCUT2D eigenvalue weighted by Gasteiger charge is -2.10. The maximum atomic E-state index is 12.8. The predicted octanol–water partition coefficient (Wildman–Crippen LogP) is 2.89. The van der Waals surface area contributed by atoms with E-state index < -0.39 is 18.5 Å². The lowest BCUT2D eigenvalue weighted by molar-refractivity contribution is -0.516. The van der Waals surface area contributed by atoms with E-state index in [0.29, 0.717) is 16.9 Å². The van der Waals surface area contributed by atoms with Crippen LogP contribution in [0.25, 0.3) is 28.0 Å². The highest BCUT2D eigenvalue weighted by Crippen LogP contribution is 2.33. The number of nitrogens with one attached hydrogen (secondary N) is 1. The molecule has 154 valence electrons. The number of alkyl halides is 2. The van der Waals surface area contributed by atoms with Crippen molar-refractivity contribution in [2.45, 2.75) is 33.2 Å². The van der Waals surface area contributed by atoms with Crippen molar-refractivity contribution in [1.82, 2.24) is 19.7 Å². The molecule has 30 heavy (non-hydrogen) atoms. The van der Waals surface area contributed by atoms with Gasteiger partial charge in [0.2, 0.25) is 12.1 Å². The number of fused-ring (bicyclic) bond motifs is 1. The molecule has 7 nitrogen and oxygen atoms in total. The van der Waals surface area contributed by atoms with Gasteiger partial charge in [-0.1, -0.05) is 30.3 Å². The van der Waals surface area contributed by atoms with Crippen LogP contribution >= 0.6 is 0 Å². The second kappa shape index (κ2) is 7.66. The van der Waals surface area contributed by atoms with Gasteiger partial charge in [-0.2, -0.15) is 4.68 Å². The Morgan fingerprint density at radius 1 is 1.10 bits per heavy atom. The number of benzene rings is 1. The number of hydrogen-bond donors (Lipinski definition) is 2. The number of hydrogen-bond acceptors (Lipinski definition) is 4. The van der Waals surface area contributed by atoms with Gasteiger partial charge in [-0.25, -0.2) is 18.7 Å². The fourth-order valence-corrected chi connectivity index (χ4v) is 3.59. The fourth-order valence-electron chi connectivity index (χ4n) is 3.59. The third-order valence-electron chi connectivity index (χ3n) is 4.80. The minimum Gasteiger partial charge on any atom is -0.319 e. The first-order valence-electron chi connectivity index (χ1n) is 9.48. The summed E-state index contributed by atoms with van der Waals surface area (Å²) in [7, 11) is 0. The summed E-state index contributed by atoms with van der Waals surface area (Å²) in [6.07, 6.45) is -2.97. The molecule has 0 amide bonds. The summed E-state index contributed by atoms with van der Waals surface area (Å²) < 4.78 is 27.8. The highest BCUT2D eigenvalue weighted by Gasteiger charge is 2.26. The third kappa shape index (κ3) is 3.54. The van der Waals surface area contributed by atoms with Gasteiger partial charge in [0.15, 0.2) is 0 Å². The van der Waals surface area contributed by atoms with Crippen LogP contribution in [-0.2, 0) is 6.54 Å². The molecule has 3 aromatic heterocycles. The monoisotopic (exact) mass is 411 g/mol. The first-order chi connectivity index (χ1) is 14.3. The summed E-state index contributed by atoms with van der Waals surface area (Å²) in [6.45, 7) is 3.60. The summed E-state index contributed by atoms with van der Waals surface area (Å²) in [5.74, 6) is -0.0212. The van der Waals surface area contributed by atoms with Crippen LogP contribution in [0.3, 0.4) is 0 Å². The molecule has 0 saturated carbocycles. The van der Waals surface area contributed by atoms with Crippen molar-refractivity contribution in [3.8, 4) is 22.4 Å². The number of H-pyrrole nitrogens is 1. The van der Waals surface area contributed by atoms with E-state index in [1.54, 1.807) is 0 Å². The zero-order valence-corrected chi connectivity index (χ0v) is 16.6. The standard InChI is InChI=1S/C21H20F2N6O/c1-12-10-15(11-13(2)25-12)17-18(14-6-4-3-5-7-14)26-20(24)29-19(17)27-28(21(29)30)9-8-16(22)23/h3-7,10-11,16H,8-9H2,1-2H3,(H2,24,25,26,27)/p+1. The SMILES string of the molecule is Cc1cc(-c2c(-c3ccccc3)nc(N)[n+]3c(=O)n(CCC(F)F)[nH]c23)cc(C)n1. The van der Waals surface area contributed by atoms with Crippen LogP contribution in [0.5, 0.6) is 0 Å². The lowest BCUT2D eigenvalue weighted by atomic mass is 9.99. The zero-order valence-electron chi connectivity index (χ0n) is 16.6. The quantitative estimate of drug-likeness (QED) is 0.494. The molecule has 1 aromatic carbocycles. The molecule has 4 aromatic rings. The molecule has 0 bridgehead atoms. The Bertz CT molecular complexity index is 1260. The number of anilines is 1. The number of nitrogen functional groups attached to an aromatic ring is 1. The molecule has 0 fully saturated rings. The van der Waals surface area contributed by atoms with Crippen LogP contribution in [0.1, 0.15) is 17.8 Å². The van der Waals surface area contributed by atoms with E-state index in [2.05, 4.69) is 15.1 Å². The molecule has 0 atom stereocenters. The topological polar surface area (TPSA) is 93.7 Å². The Morgan fingerprint density at radius 2 is 1.77 bits per heavy atom. The van der Waals surface area contributed by atoms with Crippen LogP contribution < -0.4 is 15.8 Å². The van der Waals surface area contributed by atoms with Gasteiger partial charge in [0.25, 0.3) is 0 Å². The second-order valence-corrected chi connectivity index (χ2v) is 7.11. The van der Waals surface area contributed by atoms with Gasteiger partial charge >= 0.3 is 11.6 Å². The van der Waals surface area contributed by atoms with Crippen LogP contribution in [-0.4, -0.2) is 26.2 Å². The van der Waals surface area contributed by atoms with Crippen LogP contribution in [0, 0.1) is 13.8 Å². The maximum Gasteiger partial charge on any atom is 0.428 e. The number of aromatic amines is 1. The van der Waals surface area contributed by atoms with Gasteiger partial charge in [0.1, 0.15) is 5.69 Å². The molecule has 0 aliphatic heterocycles. The summed E-state index contributed by atoms with van der Waals surface area (Å²) >= 11 is 0. The van der Waals surface area contributed by atoms with E-state index in [9.17, 15) is 13.6 Å². The summed E-state index contributed by atoms with van der Waals surface area (Å²) in [5.41, 5.74) is 10.4. The number of pyridine rings is 1. The van der Waals surface area contributed by atoms with Gasteiger partial charge < -0.3 is 5.73 Å². The normalized spacial score (nSPS) is 11.5. The highest BCUT2D eigenvalue weighted by atomic mass is 19.3. The average molecular weight is 411 g/mol. The maximum absolute atomic E-state index is 12.8.